The van der Waals surface area contributed by atoms with Crippen LogP contribution in [0.1, 0.15) is 47.5 Å². The first kappa shape index (κ1) is 27.6. The van der Waals surface area contributed by atoms with E-state index >= 15 is 0 Å². The molecule has 3 fully saturated rings. The molecule has 0 amide bonds. The van der Waals surface area contributed by atoms with Crippen LogP contribution in [-0.2, 0) is 42.9 Å². The third-order valence-corrected chi connectivity index (χ3v) is 8.90. The number of hydrogen-bond acceptors (Lipinski definition) is 10. The third-order valence-electron chi connectivity index (χ3n) is 8.39. The zero-order valence-electron chi connectivity index (χ0n) is 21.5. The monoisotopic (exact) mass is 540 g/mol. The fraction of sp³-hybridized carbons (Fsp3) is 0.692. The van der Waals surface area contributed by atoms with Gasteiger partial charge in [-0.15, -0.1) is 11.6 Å². The van der Waals surface area contributed by atoms with Gasteiger partial charge in [0.05, 0.1) is 28.9 Å². The van der Waals surface area contributed by atoms with Crippen molar-refractivity contribution in [3.63, 3.8) is 0 Å². The Morgan fingerprint density at radius 2 is 1.73 bits per heavy atom. The summed E-state index contributed by atoms with van der Waals surface area (Å²) in [6, 6.07) is 0. The van der Waals surface area contributed by atoms with E-state index in [0.717, 1.165) is 0 Å². The average Bonchev–Trinajstić information content (AvgIpc) is 3.53. The number of hydrogen-bond donors (Lipinski definition) is 1. The van der Waals surface area contributed by atoms with Crippen LogP contribution in [0.4, 0.5) is 0 Å². The van der Waals surface area contributed by atoms with Crippen molar-refractivity contribution in [2.75, 3.05) is 6.61 Å². The fourth-order valence-corrected chi connectivity index (χ4v) is 6.82. The summed E-state index contributed by atoms with van der Waals surface area (Å²) in [7, 11) is 0. The van der Waals surface area contributed by atoms with Crippen LogP contribution in [0.25, 0.3) is 0 Å². The summed E-state index contributed by atoms with van der Waals surface area (Å²) < 4.78 is 29.0. The molecule has 2 aliphatic carbocycles. The number of allylic oxidation sites excluding steroid dienone is 1. The molecule has 0 aromatic heterocycles. The van der Waals surface area contributed by atoms with Crippen molar-refractivity contribution in [1.82, 2.24) is 0 Å². The summed E-state index contributed by atoms with van der Waals surface area (Å²) in [5, 5.41) is 11.3. The van der Waals surface area contributed by atoms with Crippen LogP contribution in [0, 0.1) is 17.3 Å². The Hall–Kier alpha value is -2.43. The number of esters is 4. The highest BCUT2D eigenvalue weighted by atomic mass is 35.5. The molecule has 1 saturated carbocycles. The Morgan fingerprint density at radius 1 is 1.14 bits per heavy atom. The number of rotatable bonds is 3. The number of alkyl halides is 1. The summed E-state index contributed by atoms with van der Waals surface area (Å²) in [4.78, 5) is 49.9. The highest BCUT2D eigenvalue weighted by Gasteiger charge is 2.75. The lowest BCUT2D eigenvalue weighted by molar-refractivity contribution is -0.238. The van der Waals surface area contributed by atoms with E-state index in [9.17, 15) is 24.3 Å². The molecule has 0 unspecified atom stereocenters. The van der Waals surface area contributed by atoms with Gasteiger partial charge in [-0.05, 0) is 31.4 Å². The molecule has 10 atom stereocenters. The predicted molar refractivity (Wildman–Crippen MR) is 128 cm³/mol. The SMILES string of the molecule is C=C1/C=C/[C@@H](OC(C)=O)[C@@]2(C)[C@@H](OC(C)=O)CC[C@@]3(CO3)[C@@H]2[C@H](OC(C)=O)[C@]2(O)[C@@H](C)C(=O)O[C@H]2[C@H]1Cl. The predicted octanol–water partition coefficient (Wildman–Crippen LogP) is 1.99. The Labute approximate surface area is 220 Å². The van der Waals surface area contributed by atoms with Crippen molar-refractivity contribution in [2.24, 2.45) is 17.3 Å². The second kappa shape index (κ2) is 9.39. The molecule has 204 valence electrons. The maximum absolute atomic E-state index is 12.9. The zero-order chi connectivity index (χ0) is 27.5. The number of epoxide rings is 1. The normalized spacial score (nSPS) is 45.6. The van der Waals surface area contributed by atoms with Gasteiger partial charge < -0.3 is 28.8 Å². The first-order valence-corrected chi connectivity index (χ1v) is 12.7. The number of halogens is 1. The largest absolute Gasteiger partial charge is 0.462 e. The van der Waals surface area contributed by atoms with Gasteiger partial charge in [-0.25, -0.2) is 0 Å². The van der Waals surface area contributed by atoms with Crippen LogP contribution < -0.4 is 0 Å². The topological polar surface area (TPSA) is 138 Å². The van der Waals surface area contributed by atoms with Gasteiger partial charge in [-0.2, -0.15) is 0 Å². The molecule has 2 aliphatic heterocycles. The molecule has 10 nitrogen and oxygen atoms in total. The van der Waals surface area contributed by atoms with Crippen molar-refractivity contribution in [2.45, 2.75) is 88.5 Å². The number of fused-ring (bicyclic) bond motifs is 3. The summed E-state index contributed by atoms with van der Waals surface area (Å²) in [5.41, 5.74) is -4.05. The number of aliphatic hydroxyl groups is 1. The minimum absolute atomic E-state index is 0.259. The van der Waals surface area contributed by atoms with Crippen molar-refractivity contribution in [1.29, 1.82) is 0 Å². The van der Waals surface area contributed by atoms with Crippen LogP contribution in [0.3, 0.4) is 0 Å². The smallest absolute Gasteiger partial charge is 0.312 e. The van der Waals surface area contributed by atoms with E-state index < -0.39 is 82.1 Å². The maximum Gasteiger partial charge on any atom is 0.312 e. The lowest BCUT2D eigenvalue weighted by Gasteiger charge is -2.56. The molecular weight excluding hydrogens is 508 g/mol. The van der Waals surface area contributed by atoms with Gasteiger partial charge in [-0.1, -0.05) is 19.6 Å². The molecule has 0 radical (unpaired) electrons. The van der Waals surface area contributed by atoms with E-state index in [0.29, 0.717) is 12.8 Å². The highest BCUT2D eigenvalue weighted by Crippen LogP contribution is 2.62. The highest BCUT2D eigenvalue weighted by molar-refractivity contribution is 6.23. The third kappa shape index (κ3) is 4.36. The number of ether oxygens (including phenoxy) is 5. The maximum atomic E-state index is 12.9. The van der Waals surface area contributed by atoms with E-state index in [1.54, 1.807) is 13.0 Å². The van der Waals surface area contributed by atoms with Crippen LogP contribution in [0.5, 0.6) is 0 Å². The molecular formula is C26H33ClO10. The lowest BCUT2D eigenvalue weighted by Crippen LogP contribution is -2.70. The quantitative estimate of drug-likeness (QED) is 0.245. The Bertz CT molecular complexity index is 1050. The molecule has 11 heteroatoms. The average molecular weight is 541 g/mol. The van der Waals surface area contributed by atoms with Crippen LogP contribution in [0.15, 0.2) is 24.3 Å². The van der Waals surface area contributed by atoms with E-state index in [1.807, 2.05) is 0 Å². The van der Waals surface area contributed by atoms with Gasteiger partial charge in [-0.3, -0.25) is 19.2 Å². The second-order valence-corrected chi connectivity index (χ2v) is 11.2. The van der Waals surface area contributed by atoms with Gasteiger partial charge in [0.1, 0.15) is 18.3 Å². The Morgan fingerprint density at radius 3 is 2.27 bits per heavy atom. The molecule has 4 aliphatic rings. The standard InChI is InChI=1S/C26H33ClO10/c1-12-7-8-17(34-14(3)28)24(6)18(35-15(4)29)9-10-25(11-33-25)20(24)22(36-16(5)30)26(32)13(2)23(31)37-21(26)19(12)27/h7-8,13,17-22,32H,1,9-11H2,2-6H3/b8-7+/t13-,17+,18-,19-,20+,21-,22-,24-,25+,26-/m0/s1. The molecule has 37 heavy (non-hydrogen) atoms. The van der Waals surface area contributed by atoms with E-state index in [1.165, 1.54) is 33.8 Å². The molecule has 4 rings (SSSR count). The van der Waals surface area contributed by atoms with Crippen molar-refractivity contribution in [3.8, 4) is 0 Å². The zero-order valence-corrected chi connectivity index (χ0v) is 22.3. The molecule has 0 aromatic rings. The van der Waals surface area contributed by atoms with Crippen molar-refractivity contribution in [3.05, 3.63) is 24.3 Å². The fourth-order valence-electron chi connectivity index (χ4n) is 6.49. The summed E-state index contributed by atoms with van der Waals surface area (Å²) in [6.45, 7) is 11.1. The van der Waals surface area contributed by atoms with E-state index in [4.69, 9.17) is 35.3 Å². The van der Waals surface area contributed by atoms with E-state index in [-0.39, 0.29) is 12.2 Å². The van der Waals surface area contributed by atoms with Gasteiger partial charge in [0, 0.05) is 26.7 Å². The minimum Gasteiger partial charge on any atom is -0.462 e. The van der Waals surface area contributed by atoms with Crippen LogP contribution >= 0.6 is 11.6 Å². The van der Waals surface area contributed by atoms with Gasteiger partial charge in [0.25, 0.3) is 0 Å². The molecule has 1 spiro atoms. The van der Waals surface area contributed by atoms with Crippen molar-refractivity contribution >= 4 is 35.5 Å². The van der Waals surface area contributed by atoms with Crippen LogP contribution in [0.2, 0.25) is 0 Å². The number of carbonyl (C=O) groups is 4. The molecule has 0 bridgehead atoms. The summed E-state index contributed by atoms with van der Waals surface area (Å²) in [5.74, 6) is -4.66. The van der Waals surface area contributed by atoms with Gasteiger partial charge in [0.2, 0.25) is 0 Å². The van der Waals surface area contributed by atoms with Gasteiger partial charge in [0.15, 0.2) is 11.7 Å². The van der Waals surface area contributed by atoms with Crippen LogP contribution in [-0.4, -0.2) is 76.6 Å². The van der Waals surface area contributed by atoms with Gasteiger partial charge >= 0.3 is 23.9 Å². The number of carbonyl (C=O) groups excluding carboxylic acids is 4. The summed E-state index contributed by atoms with van der Waals surface area (Å²) in [6.07, 6.45) is -0.716. The Kier molecular flexibility index (Phi) is 7.01. The molecule has 2 saturated heterocycles. The van der Waals surface area contributed by atoms with Crippen molar-refractivity contribution < 1.29 is 48.0 Å². The minimum atomic E-state index is -2.12. The first-order valence-electron chi connectivity index (χ1n) is 12.3. The molecule has 1 N–H and O–H groups in total. The lowest BCUT2D eigenvalue weighted by atomic mass is 9.53. The summed E-state index contributed by atoms with van der Waals surface area (Å²) >= 11 is 6.70. The molecule has 0 aromatic carbocycles. The Balaban J connectivity index is 2.04. The second-order valence-electron chi connectivity index (χ2n) is 10.7. The first-order chi connectivity index (χ1) is 17.2. The van der Waals surface area contributed by atoms with E-state index in [2.05, 4.69) is 6.58 Å². The molecule has 2 heterocycles.